The lowest BCUT2D eigenvalue weighted by molar-refractivity contribution is 0.0601. The van der Waals surface area contributed by atoms with Crippen molar-refractivity contribution in [2.24, 2.45) is 0 Å². The maximum Gasteiger partial charge on any atom is 0.337 e. The molecule has 0 aliphatic heterocycles. The third-order valence-electron chi connectivity index (χ3n) is 3.92. The fourth-order valence-corrected chi connectivity index (χ4v) is 2.74. The number of ether oxygens (including phenoxy) is 2. The van der Waals surface area contributed by atoms with E-state index in [-0.39, 0.29) is 5.97 Å². The summed E-state index contributed by atoms with van der Waals surface area (Å²) in [6.45, 7) is 0. The molecule has 0 fully saturated rings. The van der Waals surface area contributed by atoms with Gasteiger partial charge in [-0.3, -0.25) is 0 Å². The molecule has 3 aromatic carbocycles. The van der Waals surface area contributed by atoms with Gasteiger partial charge in [-0.1, -0.05) is 24.3 Å². The van der Waals surface area contributed by atoms with Crippen LogP contribution in [0.1, 0.15) is 15.9 Å². The summed E-state index contributed by atoms with van der Waals surface area (Å²) < 4.78 is 10.3. The predicted molar refractivity (Wildman–Crippen MR) is 92.0 cm³/mol. The fraction of sp³-hybridized carbons (Fsp3) is 0.100. The first kappa shape index (κ1) is 15.6. The van der Waals surface area contributed by atoms with Crippen molar-refractivity contribution in [3.8, 4) is 22.9 Å². The molecular weight excluding hydrogens is 302 g/mol. The van der Waals surface area contributed by atoms with Crippen LogP contribution in [0.5, 0.6) is 5.75 Å². The molecule has 0 heterocycles. The Labute approximate surface area is 139 Å². The number of hydrogen-bond acceptors (Lipinski definition) is 4. The van der Waals surface area contributed by atoms with Crippen molar-refractivity contribution in [2.75, 3.05) is 14.2 Å². The van der Waals surface area contributed by atoms with Crippen molar-refractivity contribution in [1.82, 2.24) is 0 Å². The molecule has 0 saturated heterocycles. The summed E-state index contributed by atoms with van der Waals surface area (Å²) >= 11 is 0. The van der Waals surface area contributed by atoms with Crippen molar-refractivity contribution in [2.45, 2.75) is 0 Å². The molecule has 24 heavy (non-hydrogen) atoms. The number of benzene rings is 3. The van der Waals surface area contributed by atoms with Crippen LogP contribution in [-0.2, 0) is 4.74 Å². The average molecular weight is 317 g/mol. The Hall–Kier alpha value is -3.32. The molecule has 0 N–H and O–H groups in total. The molecule has 118 valence electrons. The smallest absolute Gasteiger partial charge is 0.337 e. The number of fused-ring (bicyclic) bond motifs is 1. The van der Waals surface area contributed by atoms with E-state index >= 15 is 0 Å². The highest BCUT2D eigenvalue weighted by atomic mass is 16.5. The van der Waals surface area contributed by atoms with Crippen molar-refractivity contribution in [3.05, 3.63) is 65.7 Å². The van der Waals surface area contributed by atoms with E-state index in [4.69, 9.17) is 9.47 Å². The molecule has 0 aliphatic carbocycles. The number of carbonyl (C=O) groups excluding carboxylic acids is 1. The van der Waals surface area contributed by atoms with E-state index in [0.29, 0.717) is 16.9 Å². The van der Waals surface area contributed by atoms with Gasteiger partial charge in [-0.2, -0.15) is 5.26 Å². The van der Waals surface area contributed by atoms with Crippen molar-refractivity contribution < 1.29 is 14.3 Å². The number of carbonyl (C=O) groups is 1. The van der Waals surface area contributed by atoms with Crippen LogP contribution in [0.2, 0.25) is 0 Å². The molecule has 0 aromatic heterocycles. The Balaban J connectivity index is 2.30. The Morgan fingerprint density at radius 2 is 1.83 bits per heavy atom. The van der Waals surface area contributed by atoms with E-state index < -0.39 is 0 Å². The summed E-state index contributed by atoms with van der Waals surface area (Å²) in [5, 5.41) is 11.1. The van der Waals surface area contributed by atoms with Crippen molar-refractivity contribution in [1.29, 1.82) is 5.26 Å². The third-order valence-corrected chi connectivity index (χ3v) is 3.92. The molecule has 0 radical (unpaired) electrons. The second kappa shape index (κ2) is 6.43. The lowest BCUT2D eigenvalue weighted by Gasteiger charge is -2.12. The minimum absolute atomic E-state index is 0.385. The summed E-state index contributed by atoms with van der Waals surface area (Å²) in [7, 11) is 2.95. The molecule has 0 spiro atoms. The van der Waals surface area contributed by atoms with E-state index in [1.54, 1.807) is 37.4 Å². The maximum atomic E-state index is 11.8. The average Bonchev–Trinajstić information content (AvgIpc) is 2.65. The topological polar surface area (TPSA) is 59.3 Å². The zero-order valence-electron chi connectivity index (χ0n) is 13.4. The zero-order chi connectivity index (χ0) is 17.1. The molecule has 0 amide bonds. The number of rotatable bonds is 3. The molecule has 0 atom stereocenters. The quantitative estimate of drug-likeness (QED) is 0.680. The zero-order valence-corrected chi connectivity index (χ0v) is 13.4. The van der Waals surface area contributed by atoms with Gasteiger partial charge in [0.1, 0.15) is 5.75 Å². The first-order chi connectivity index (χ1) is 11.7. The number of methoxy groups -OCH3 is 2. The van der Waals surface area contributed by atoms with Crippen LogP contribution in [0.15, 0.2) is 54.6 Å². The van der Waals surface area contributed by atoms with E-state index in [2.05, 4.69) is 6.07 Å². The minimum Gasteiger partial charge on any atom is -0.496 e. The summed E-state index contributed by atoms with van der Waals surface area (Å²) in [6, 6.07) is 18.7. The van der Waals surface area contributed by atoms with Crippen LogP contribution >= 0.6 is 0 Å². The highest BCUT2D eigenvalue weighted by Crippen LogP contribution is 2.36. The number of esters is 1. The first-order valence-corrected chi connectivity index (χ1v) is 7.37. The fourth-order valence-electron chi connectivity index (χ4n) is 2.74. The molecule has 4 heteroatoms. The Morgan fingerprint density at radius 3 is 2.54 bits per heavy atom. The second-order valence-electron chi connectivity index (χ2n) is 5.26. The van der Waals surface area contributed by atoms with Gasteiger partial charge in [0.05, 0.1) is 31.4 Å². The summed E-state index contributed by atoms with van der Waals surface area (Å²) in [6.07, 6.45) is 0. The summed E-state index contributed by atoms with van der Waals surface area (Å²) in [5.41, 5.74) is 2.73. The summed E-state index contributed by atoms with van der Waals surface area (Å²) in [5.74, 6) is 0.286. The van der Waals surface area contributed by atoms with Crippen molar-refractivity contribution >= 4 is 16.7 Å². The van der Waals surface area contributed by atoms with Gasteiger partial charge in [0, 0.05) is 5.56 Å². The lowest BCUT2D eigenvalue weighted by atomic mass is 9.95. The van der Waals surface area contributed by atoms with E-state index in [9.17, 15) is 10.1 Å². The van der Waals surface area contributed by atoms with Crippen LogP contribution in [0, 0.1) is 11.3 Å². The number of hydrogen-bond donors (Lipinski definition) is 0. The van der Waals surface area contributed by atoms with Crippen LogP contribution in [0.4, 0.5) is 0 Å². The normalized spacial score (nSPS) is 10.2. The monoisotopic (exact) mass is 317 g/mol. The molecule has 3 rings (SSSR count). The molecule has 0 aliphatic rings. The van der Waals surface area contributed by atoms with E-state index in [1.807, 2.05) is 24.3 Å². The molecule has 0 unspecified atom stereocenters. The highest BCUT2D eigenvalue weighted by molar-refractivity contribution is 6.02. The van der Waals surface area contributed by atoms with Crippen LogP contribution < -0.4 is 4.74 Å². The van der Waals surface area contributed by atoms with Crippen LogP contribution in [0.3, 0.4) is 0 Å². The Bertz CT molecular complexity index is 970. The van der Waals surface area contributed by atoms with E-state index in [0.717, 1.165) is 21.9 Å². The van der Waals surface area contributed by atoms with Crippen LogP contribution in [0.25, 0.3) is 21.9 Å². The Kier molecular flexibility index (Phi) is 4.17. The van der Waals surface area contributed by atoms with Gasteiger partial charge in [0.2, 0.25) is 0 Å². The standard InChI is InChI=1S/C20H15NO3/c1-23-19-9-6-13(12-21)10-18(19)16-5-3-4-14-7-8-15(11-17(14)16)20(22)24-2/h3-11H,1-2H3. The SMILES string of the molecule is COC(=O)c1ccc2cccc(-c3cc(C#N)ccc3OC)c2c1. The second-order valence-corrected chi connectivity index (χ2v) is 5.26. The Morgan fingerprint density at radius 1 is 1.00 bits per heavy atom. The molecule has 0 bridgehead atoms. The van der Waals surface area contributed by atoms with Gasteiger partial charge >= 0.3 is 5.97 Å². The van der Waals surface area contributed by atoms with Gasteiger partial charge in [-0.15, -0.1) is 0 Å². The van der Waals surface area contributed by atoms with Crippen molar-refractivity contribution in [3.63, 3.8) is 0 Å². The van der Waals surface area contributed by atoms with Gasteiger partial charge in [0.25, 0.3) is 0 Å². The number of nitriles is 1. The van der Waals surface area contributed by atoms with Gasteiger partial charge in [-0.25, -0.2) is 4.79 Å². The first-order valence-electron chi connectivity index (χ1n) is 7.37. The number of nitrogens with zero attached hydrogens (tertiary/aromatic N) is 1. The largest absolute Gasteiger partial charge is 0.496 e. The van der Waals surface area contributed by atoms with Gasteiger partial charge < -0.3 is 9.47 Å². The van der Waals surface area contributed by atoms with Gasteiger partial charge in [-0.05, 0) is 46.7 Å². The highest BCUT2D eigenvalue weighted by Gasteiger charge is 2.13. The maximum absolute atomic E-state index is 11.8. The van der Waals surface area contributed by atoms with E-state index in [1.165, 1.54) is 7.11 Å². The minimum atomic E-state index is -0.385. The van der Waals surface area contributed by atoms with Gasteiger partial charge in [0.15, 0.2) is 0 Å². The molecule has 0 saturated carbocycles. The summed E-state index contributed by atoms with van der Waals surface area (Å²) in [4.78, 5) is 11.8. The third kappa shape index (κ3) is 2.68. The molecule has 3 aromatic rings. The predicted octanol–water partition coefficient (Wildman–Crippen LogP) is 4.17. The van der Waals surface area contributed by atoms with Crippen LogP contribution in [-0.4, -0.2) is 20.2 Å². The molecular formula is C20H15NO3. The molecule has 4 nitrogen and oxygen atoms in total. The lowest BCUT2D eigenvalue weighted by Crippen LogP contribution is -2.00.